The number of benzene rings is 2. The van der Waals surface area contributed by atoms with E-state index in [4.69, 9.17) is 0 Å². The maximum absolute atomic E-state index is 13.2. The predicted molar refractivity (Wildman–Crippen MR) is 98.1 cm³/mol. The Hall–Kier alpha value is -2.31. The van der Waals surface area contributed by atoms with Crippen LogP contribution in [0.15, 0.2) is 42.5 Å². The number of hydrogen-bond donors (Lipinski definition) is 1. The first-order chi connectivity index (χ1) is 12.5. The highest BCUT2D eigenvalue weighted by Gasteiger charge is 2.15. The van der Waals surface area contributed by atoms with Crippen molar-refractivity contribution in [2.24, 2.45) is 0 Å². The van der Waals surface area contributed by atoms with Gasteiger partial charge in [-0.25, -0.2) is 8.78 Å². The van der Waals surface area contributed by atoms with Gasteiger partial charge in [0.2, 0.25) is 0 Å². The van der Waals surface area contributed by atoms with Crippen LogP contribution in [0, 0.1) is 11.6 Å². The first-order valence-corrected chi connectivity index (χ1v) is 8.84. The summed E-state index contributed by atoms with van der Waals surface area (Å²) in [4.78, 5) is 17.0. The molecule has 1 aliphatic heterocycles. The molecule has 6 heteroatoms. The quantitative estimate of drug-likeness (QED) is 0.889. The lowest BCUT2D eigenvalue weighted by molar-refractivity contribution is 0.102. The highest BCUT2D eigenvalue weighted by atomic mass is 19.1. The molecule has 0 bridgehead atoms. The number of halogens is 2. The molecule has 138 valence electrons. The third-order valence-corrected chi connectivity index (χ3v) is 4.65. The average Bonchev–Trinajstić information content (AvgIpc) is 2.63. The van der Waals surface area contributed by atoms with E-state index in [9.17, 15) is 13.6 Å². The fourth-order valence-electron chi connectivity index (χ4n) is 3.10. The van der Waals surface area contributed by atoms with Crippen LogP contribution in [0.1, 0.15) is 22.8 Å². The zero-order chi connectivity index (χ0) is 18.5. The molecule has 26 heavy (non-hydrogen) atoms. The van der Waals surface area contributed by atoms with Crippen molar-refractivity contribution in [2.45, 2.75) is 13.5 Å². The normalized spacial score (nSPS) is 15.8. The van der Waals surface area contributed by atoms with Gasteiger partial charge in [0.25, 0.3) is 5.91 Å². The van der Waals surface area contributed by atoms with E-state index in [-0.39, 0.29) is 5.56 Å². The van der Waals surface area contributed by atoms with Crippen LogP contribution in [0.3, 0.4) is 0 Å². The van der Waals surface area contributed by atoms with Crippen molar-refractivity contribution in [3.8, 4) is 0 Å². The van der Waals surface area contributed by atoms with Crippen LogP contribution in [-0.2, 0) is 6.54 Å². The summed E-state index contributed by atoms with van der Waals surface area (Å²) in [5, 5.41) is 2.66. The molecule has 1 amide bonds. The SMILES string of the molecule is CCN1CCN(Cc2ccc(NC(=O)c3cc(F)cc(F)c3)cc2)CC1. The summed E-state index contributed by atoms with van der Waals surface area (Å²) in [7, 11) is 0. The summed E-state index contributed by atoms with van der Waals surface area (Å²) in [6.45, 7) is 8.44. The van der Waals surface area contributed by atoms with Gasteiger partial charge in [-0.3, -0.25) is 9.69 Å². The number of nitrogens with one attached hydrogen (secondary N) is 1. The van der Waals surface area contributed by atoms with Crippen LogP contribution in [0.25, 0.3) is 0 Å². The van der Waals surface area contributed by atoms with E-state index in [2.05, 4.69) is 22.0 Å². The van der Waals surface area contributed by atoms with Crippen LogP contribution in [-0.4, -0.2) is 48.4 Å². The molecule has 1 heterocycles. The number of hydrogen-bond acceptors (Lipinski definition) is 3. The van der Waals surface area contributed by atoms with Crippen molar-refractivity contribution < 1.29 is 13.6 Å². The van der Waals surface area contributed by atoms with Crippen molar-refractivity contribution in [2.75, 3.05) is 38.0 Å². The molecule has 0 aliphatic carbocycles. The molecule has 0 unspecified atom stereocenters. The third kappa shape index (κ3) is 4.86. The van der Waals surface area contributed by atoms with Gasteiger partial charge in [0.05, 0.1) is 0 Å². The molecule has 0 spiro atoms. The minimum Gasteiger partial charge on any atom is -0.322 e. The fraction of sp³-hybridized carbons (Fsp3) is 0.350. The number of carbonyl (C=O) groups excluding carboxylic acids is 1. The molecule has 0 atom stereocenters. The van der Waals surface area contributed by atoms with Crippen LogP contribution < -0.4 is 5.32 Å². The van der Waals surface area contributed by atoms with Crippen molar-refractivity contribution in [1.29, 1.82) is 0 Å². The molecule has 1 saturated heterocycles. The molecule has 2 aromatic rings. The largest absolute Gasteiger partial charge is 0.322 e. The lowest BCUT2D eigenvalue weighted by atomic mass is 10.1. The zero-order valence-corrected chi connectivity index (χ0v) is 14.8. The smallest absolute Gasteiger partial charge is 0.255 e. The number of piperazine rings is 1. The second kappa shape index (κ2) is 8.38. The lowest BCUT2D eigenvalue weighted by Crippen LogP contribution is -2.45. The van der Waals surface area contributed by atoms with Gasteiger partial charge in [-0.15, -0.1) is 0 Å². The third-order valence-electron chi connectivity index (χ3n) is 4.65. The van der Waals surface area contributed by atoms with Crippen molar-refractivity contribution in [3.63, 3.8) is 0 Å². The van der Waals surface area contributed by atoms with Gasteiger partial charge in [0.15, 0.2) is 0 Å². The Bertz CT molecular complexity index is 736. The van der Waals surface area contributed by atoms with Gasteiger partial charge in [0, 0.05) is 50.0 Å². The number of likely N-dealkylation sites (N-methyl/N-ethyl adjacent to an activating group) is 1. The fourth-order valence-corrected chi connectivity index (χ4v) is 3.10. The van der Waals surface area contributed by atoms with E-state index < -0.39 is 17.5 Å². The Morgan fingerprint density at radius 2 is 1.54 bits per heavy atom. The Morgan fingerprint density at radius 3 is 2.12 bits per heavy atom. The van der Waals surface area contributed by atoms with Crippen LogP contribution in [0.4, 0.5) is 14.5 Å². The summed E-state index contributed by atoms with van der Waals surface area (Å²) in [5.74, 6) is -2.07. The minimum absolute atomic E-state index is 0.0413. The number of nitrogens with zero attached hydrogens (tertiary/aromatic N) is 2. The van der Waals surface area contributed by atoms with Crippen LogP contribution >= 0.6 is 0 Å². The molecule has 2 aromatic carbocycles. The minimum atomic E-state index is -0.770. The molecular formula is C20H23F2N3O. The van der Waals surface area contributed by atoms with Gasteiger partial charge < -0.3 is 10.2 Å². The summed E-state index contributed by atoms with van der Waals surface area (Å²) in [6, 6.07) is 10.3. The van der Waals surface area contributed by atoms with Crippen molar-refractivity contribution in [1.82, 2.24) is 9.80 Å². The Balaban J connectivity index is 1.56. The van der Waals surface area contributed by atoms with Crippen molar-refractivity contribution >= 4 is 11.6 Å². The van der Waals surface area contributed by atoms with E-state index >= 15 is 0 Å². The maximum Gasteiger partial charge on any atom is 0.255 e. The van der Waals surface area contributed by atoms with Gasteiger partial charge in [-0.1, -0.05) is 19.1 Å². The van der Waals surface area contributed by atoms with E-state index in [0.717, 1.165) is 57.5 Å². The summed E-state index contributed by atoms with van der Waals surface area (Å²) in [6.07, 6.45) is 0. The number of anilines is 1. The summed E-state index contributed by atoms with van der Waals surface area (Å²) >= 11 is 0. The predicted octanol–water partition coefficient (Wildman–Crippen LogP) is 3.35. The first-order valence-electron chi connectivity index (χ1n) is 8.84. The molecule has 4 nitrogen and oxygen atoms in total. The maximum atomic E-state index is 13.2. The molecule has 1 aliphatic rings. The van der Waals surface area contributed by atoms with Gasteiger partial charge in [0.1, 0.15) is 11.6 Å². The van der Waals surface area contributed by atoms with E-state index in [1.807, 2.05) is 24.3 Å². The molecule has 3 rings (SSSR count). The number of carbonyl (C=O) groups is 1. The molecule has 1 fully saturated rings. The second-order valence-corrected chi connectivity index (χ2v) is 6.52. The molecule has 1 N–H and O–H groups in total. The second-order valence-electron chi connectivity index (χ2n) is 6.52. The standard InChI is InChI=1S/C20H23F2N3O/c1-2-24-7-9-25(10-8-24)14-15-3-5-19(6-4-15)23-20(26)16-11-17(21)13-18(22)12-16/h3-6,11-13H,2,7-10,14H2,1H3,(H,23,26). The highest BCUT2D eigenvalue weighted by molar-refractivity contribution is 6.04. The van der Waals surface area contributed by atoms with Crippen molar-refractivity contribution in [3.05, 3.63) is 65.2 Å². The monoisotopic (exact) mass is 359 g/mol. The lowest BCUT2D eigenvalue weighted by Gasteiger charge is -2.34. The summed E-state index contributed by atoms with van der Waals surface area (Å²) < 4.78 is 26.4. The average molecular weight is 359 g/mol. The van der Waals surface area contributed by atoms with Gasteiger partial charge in [-0.05, 0) is 36.4 Å². The summed E-state index contributed by atoms with van der Waals surface area (Å²) in [5.41, 5.74) is 1.73. The molecule has 0 aromatic heterocycles. The Morgan fingerprint density at radius 1 is 0.962 bits per heavy atom. The van der Waals surface area contributed by atoms with Crippen LogP contribution in [0.5, 0.6) is 0 Å². The van der Waals surface area contributed by atoms with Crippen LogP contribution in [0.2, 0.25) is 0 Å². The molecular weight excluding hydrogens is 336 g/mol. The number of amides is 1. The highest BCUT2D eigenvalue weighted by Crippen LogP contribution is 2.15. The van der Waals surface area contributed by atoms with Gasteiger partial charge in [-0.2, -0.15) is 0 Å². The Kier molecular flexibility index (Phi) is 5.96. The van der Waals surface area contributed by atoms with E-state index in [1.165, 1.54) is 5.56 Å². The molecule has 0 saturated carbocycles. The number of rotatable bonds is 5. The Labute approximate surface area is 152 Å². The first kappa shape index (κ1) is 18.5. The van der Waals surface area contributed by atoms with Gasteiger partial charge >= 0.3 is 0 Å². The molecule has 0 radical (unpaired) electrons. The topological polar surface area (TPSA) is 35.6 Å². The van der Waals surface area contributed by atoms with E-state index in [0.29, 0.717) is 5.69 Å². The zero-order valence-electron chi connectivity index (χ0n) is 14.8. The van der Waals surface area contributed by atoms with E-state index in [1.54, 1.807) is 0 Å².